The highest BCUT2D eigenvalue weighted by Gasteiger charge is 2.13. The van der Waals surface area contributed by atoms with Crippen LogP contribution >= 0.6 is 0 Å². The number of hydrogen-bond donors (Lipinski definition) is 1. The monoisotopic (exact) mass is 261 g/mol. The van der Waals surface area contributed by atoms with E-state index in [0.29, 0.717) is 11.1 Å². The van der Waals surface area contributed by atoms with Gasteiger partial charge < -0.3 is 9.40 Å². The summed E-state index contributed by atoms with van der Waals surface area (Å²) >= 11 is 0. The molecule has 20 heavy (non-hydrogen) atoms. The van der Waals surface area contributed by atoms with Crippen molar-refractivity contribution in [3.05, 3.63) is 71.2 Å². The molecule has 0 aliphatic rings. The third-order valence-electron chi connectivity index (χ3n) is 3.53. The lowest BCUT2D eigenvalue weighted by Gasteiger charge is -2.02. The molecule has 4 rings (SSSR count). The summed E-state index contributed by atoms with van der Waals surface area (Å²) in [6.07, 6.45) is 1.86. The van der Waals surface area contributed by atoms with E-state index in [1.165, 1.54) is 0 Å². The molecule has 0 saturated carbocycles. The van der Waals surface area contributed by atoms with Gasteiger partial charge in [0.25, 0.3) is 0 Å². The van der Waals surface area contributed by atoms with Crippen LogP contribution in [0.3, 0.4) is 0 Å². The maximum Gasteiger partial charge on any atom is 0.360 e. The maximum atomic E-state index is 12.0. The molecule has 0 aliphatic carbocycles. The number of H-pyrrole nitrogens is 1. The van der Waals surface area contributed by atoms with E-state index in [2.05, 4.69) is 4.98 Å². The fourth-order valence-electron chi connectivity index (χ4n) is 2.62. The predicted octanol–water partition coefficient (Wildman–Crippen LogP) is 3.94. The third-order valence-corrected chi connectivity index (χ3v) is 3.53. The van der Waals surface area contributed by atoms with Crippen LogP contribution in [-0.2, 0) is 0 Å². The van der Waals surface area contributed by atoms with Gasteiger partial charge in [0.2, 0.25) is 0 Å². The summed E-state index contributed by atoms with van der Waals surface area (Å²) in [7, 11) is 0. The second kappa shape index (κ2) is 4.10. The van der Waals surface area contributed by atoms with Crippen LogP contribution in [0.1, 0.15) is 0 Å². The number of hydrogen-bond acceptors (Lipinski definition) is 2. The first-order chi connectivity index (χ1) is 9.84. The summed E-state index contributed by atoms with van der Waals surface area (Å²) in [5.74, 6) is 0. The van der Waals surface area contributed by atoms with Gasteiger partial charge in [0, 0.05) is 22.5 Å². The fraction of sp³-hybridized carbons (Fsp3) is 0. The van der Waals surface area contributed by atoms with Crippen molar-refractivity contribution in [2.45, 2.75) is 0 Å². The van der Waals surface area contributed by atoms with Crippen molar-refractivity contribution in [3.63, 3.8) is 0 Å². The number of nitrogens with one attached hydrogen (secondary N) is 1. The van der Waals surface area contributed by atoms with Crippen LogP contribution in [0.4, 0.5) is 0 Å². The predicted molar refractivity (Wildman–Crippen MR) is 79.8 cm³/mol. The Hall–Kier alpha value is -2.81. The zero-order valence-corrected chi connectivity index (χ0v) is 10.6. The highest BCUT2D eigenvalue weighted by molar-refractivity contribution is 6.11. The van der Waals surface area contributed by atoms with Gasteiger partial charge in [0.15, 0.2) is 0 Å². The largest absolute Gasteiger partial charge is 0.421 e. The van der Waals surface area contributed by atoms with Crippen LogP contribution in [0, 0.1) is 0 Å². The highest BCUT2D eigenvalue weighted by atomic mass is 16.4. The average molecular weight is 261 g/mol. The minimum absolute atomic E-state index is 0.333. The lowest BCUT2D eigenvalue weighted by atomic mass is 10.0. The van der Waals surface area contributed by atoms with Crippen LogP contribution in [0.2, 0.25) is 0 Å². The Morgan fingerprint density at radius 2 is 1.65 bits per heavy atom. The van der Waals surface area contributed by atoms with Gasteiger partial charge in [-0.15, -0.1) is 0 Å². The van der Waals surface area contributed by atoms with Gasteiger partial charge in [0.05, 0.1) is 0 Å². The molecule has 96 valence electrons. The molecule has 0 aliphatic heterocycles. The Kier molecular flexibility index (Phi) is 2.27. The van der Waals surface area contributed by atoms with E-state index < -0.39 is 0 Å². The first-order valence-electron chi connectivity index (χ1n) is 6.43. The standard InChI is InChI=1S/C17H11NO2/c19-17-16-15(12-8-4-5-9-14(12)20-17)13(10-18-16)11-6-2-1-3-7-11/h1-10,18H. The Bertz CT molecular complexity index is 965. The highest BCUT2D eigenvalue weighted by Crippen LogP contribution is 2.32. The molecule has 3 heteroatoms. The van der Waals surface area contributed by atoms with Crippen molar-refractivity contribution in [2.24, 2.45) is 0 Å². The Balaban J connectivity index is 2.22. The number of para-hydroxylation sites is 1. The van der Waals surface area contributed by atoms with E-state index in [9.17, 15) is 4.79 Å². The van der Waals surface area contributed by atoms with Crippen molar-refractivity contribution >= 4 is 21.9 Å². The number of aromatic amines is 1. The van der Waals surface area contributed by atoms with E-state index in [1.807, 2.05) is 60.8 Å². The normalized spacial score (nSPS) is 11.2. The van der Waals surface area contributed by atoms with Crippen LogP contribution in [0.25, 0.3) is 33.0 Å². The van der Waals surface area contributed by atoms with E-state index >= 15 is 0 Å². The smallest absolute Gasteiger partial charge is 0.360 e. The molecule has 4 aromatic rings. The molecule has 2 aromatic carbocycles. The zero-order chi connectivity index (χ0) is 13.5. The van der Waals surface area contributed by atoms with E-state index in [0.717, 1.165) is 21.9 Å². The van der Waals surface area contributed by atoms with E-state index in [-0.39, 0.29) is 5.63 Å². The van der Waals surface area contributed by atoms with Crippen LogP contribution in [0.5, 0.6) is 0 Å². The summed E-state index contributed by atoms with van der Waals surface area (Å²) in [6.45, 7) is 0. The lowest BCUT2D eigenvalue weighted by Crippen LogP contribution is -1.99. The van der Waals surface area contributed by atoms with Gasteiger partial charge in [-0.2, -0.15) is 0 Å². The maximum absolute atomic E-state index is 12.0. The lowest BCUT2D eigenvalue weighted by molar-refractivity contribution is 0.568. The minimum Gasteiger partial charge on any atom is -0.421 e. The molecule has 0 saturated heterocycles. The summed E-state index contributed by atoms with van der Waals surface area (Å²) in [6, 6.07) is 17.6. The van der Waals surface area contributed by atoms with E-state index in [1.54, 1.807) is 0 Å². The Morgan fingerprint density at radius 3 is 2.50 bits per heavy atom. The summed E-state index contributed by atoms with van der Waals surface area (Å²) in [5.41, 5.74) is 2.89. The minimum atomic E-state index is -0.333. The molecule has 3 nitrogen and oxygen atoms in total. The second-order valence-electron chi connectivity index (χ2n) is 4.70. The third kappa shape index (κ3) is 1.50. The number of benzene rings is 2. The van der Waals surface area contributed by atoms with Gasteiger partial charge in [-0.05, 0) is 11.6 Å². The molecular weight excluding hydrogens is 250 g/mol. The van der Waals surface area contributed by atoms with Crippen molar-refractivity contribution in [2.75, 3.05) is 0 Å². The van der Waals surface area contributed by atoms with Gasteiger partial charge >= 0.3 is 5.63 Å². The second-order valence-corrected chi connectivity index (χ2v) is 4.70. The molecule has 0 fully saturated rings. The van der Waals surface area contributed by atoms with Crippen molar-refractivity contribution in [3.8, 4) is 11.1 Å². The molecule has 0 atom stereocenters. The van der Waals surface area contributed by atoms with Gasteiger partial charge in [0.1, 0.15) is 11.1 Å². The summed E-state index contributed by atoms with van der Waals surface area (Å²) < 4.78 is 5.34. The fourth-order valence-corrected chi connectivity index (χ4v) is 2.62. The van der Waals surface area contributed by atoms with E-state index in [4.69, 9.17) is 4.42 Å². The van der Waals surface area contributed by atoms with Crippen molar-refractivity contribution < 1.29 is 4.42 Å². The quantitative estimate of drug-likeness (QED) is 0.527. The average Bonchev–Trinajstić information content (AvgIpc) is 2.94. The van der Waals surface area contributed by atoms with Crippen LogP contribution in [-0.4, -0.2) is 4.98 Å². The number of rotatable bonds is 1. The summed E-state index contributed by atoms with van der Waals surface area (Å²) in [4.78, 5) is 15.1. The molecule has 0 bridgehead atoms. The Labute approximate surface area is 114 Å². The number of fused-ring (bicyclic) bond motifs is 3. The molecule has 2 aromatic heterocycles. The summed E-state index contributed by atoms with van der Waals surface area (Å²) in [5, 5.41) is 1.87. The molecule has 0 spiro atoms. The first kappa shape index (κ1) is 11.1. The van der Waals surface area contributed by atoms with Crippen molar-refractivity contribution in [1.82, 2.24) is 4.98 Å². The van der Waals surface area contributed by atoms with Crippen LogP contribution < -0.4 is 5.63 Å². The van der Waals surface area contributed by atoms with Crippen molar-refractivity contribution in [1.29, 1.82) is 0 Å². The van der Waals surface area contributed by atoms with Gasteiger partial charge in [-0.25, -0.2) is 4.79 Å². The molecule has 0 radical (unpaired) electrons. The molecule has 2 heterocycles. The van der Waals surface area contributed by atoms with Crippen LogP contribution in [0.15, 0.2) is 70.0 Å². The number of aromatic nitrogens is 1. The topological polar surface area (TPSA) is 46.0 Å². The first-order valence-corrected chi connectivity index (χ1v) is 6.43. The molecular formula is C17H11NO2. The van der Waals surface area contributed by atoms with Gasteiger partial charge in [-0.1, -0.05) is 48.5 Å². The molecule has 1 N–H and O–H groups in total. The Morgan fingerprint density at radius 1 is 0.900 bits per heavy atom. The molecule has 0 amide bonds. The SMILES string of the molecule is O=c1oc2ccccc2c2c(-c3ccccc3)c[nH]c12. The molecule has 0 unspecified atom stereocenters. The zero-order valence-electron chi connectivity index (χ0n) is 10.6. The van der Waals surface area contributed by atoms with Gasteiger partial charge in [-0.3, -0.25) is 0 Å².